The molecular formula is C14H19Br. The normalized spacial score (nSPS) is 11.0. The maximum Gasteiger partial charge on any atom is 0.00313 e. The Morgan fingerprint density at radius 2 is 1.73 bits per heavy atom. The molecule has 0 N–H and O–H groups in total. The van der Waals surface area contributed by atoms with Gasteiger partial charge in [0.05, 0.1) is 0 Å². The van der Waals surface area contributed by atoms with Crippen molar-refractivity contribution in [3.05, 3.63) is 48.0 Å². The van der Waals surface area contributed by atoms with Crippen molar-refractivity contribution in [2.24, 2.45) is 0 Å². The minimum atomic E-state index is 1.07. The van der Waals surface area contributed by atoms with Crippen LogP contribution in [0.1, 0.15) is 31.2 Å². The molecule has 0 amide bonds. The summed E-state index contributed by atoms with van der Waals surface area (Å²) in [6.07, 6.45) is 10.8. The van der Waals surface area contributed by atoms with E-state index in [0.29, 0.717) is 0 Å². The van der Waals surface area contributed by atoms with Crippen molar-refractivity contribution in [1.29, 1.82) is 0 Å². The highest BCUT2D eigenvalue weighted by Crippen LogP contribution is 2.04. The zero-order chi connectivity index (χ0) is 10.8. The van der Waals surface area contributed by atoms with Gasteiger partial charge < -0.3 is 0 Å². The Hall–Kier alpha value is -0.560. The molecule has 0 heterocycles. The second kappa shape index (κ2) is 8.72. The highest BCUT2D eigenvalue weighted by atomic mass is 79.9. The molecule has 1 aromatic rings. The first kappa shape index (κ1) is 12.5. The molecule has 82 valence electrons. The quantitative estimate of drug-likeness (QED) is 0.380. The van der Waals surface area contributed by atoms with E-state index in [-0.39, 0.29) is 0 Å². The number of alkyl halides is 1. The van der Waals surface area contributed by atoms with E-state index in [4.69, 9.17) is 0 Å². The van der Waals surface area contributed by atoms with Crippen LogP contribution in [0.4, 0.5) is 0 Å². The maximum atomic E-state index is 3.44. The highest BCUT2D eigenvalue weighted by Gasteiger charge is 1.87. The molecule has 0 aliphatic heterocycles. The van der Waals surface area contributed by atoms with Crippen molar-refractivity contribution >= 4 is 15.9 Å². The van der Waals surface area contributed by atoms with Crippen LogP contribution in [0.25, 0.3) is 0 Å². The first-order valence-electron chi connectivity index (χ1n) is 5.68. The van der Waals surface area contributed by atoms with E-state index in [2.05, 4.69) is 58.4 Å². The summed E-state index contributed by atoms with van der Waals surface area (Å²) in [5.74, 6) is 0. The largest absolute Gasteiger partial charge is 0.0928 e. The number of benzene rings is 1. The van der Waals surface area contributed by atoms with Gasteiger partial charge in [-0.25, -0.2) is 0 Å². The van der Waals surface area contributed by atoms with Gasteiger partial charge in [0.25, 0.3) is 0 Å². The van der Waals surface area contributed by atoms with Crippen LogP contribution in [0.3, 0.4) is 0 Å². The average molecular weight is 267 g/mol. The molecule has 0 bridgehead atoms. The smallest absolute Gasteiger partial charge is 0.00313 e. The minimum absolute atomic E-state index is 1.07. The Morgan fingerprint density at radius 1 is 0.933 bits per heavy atom. The van der Waals surface area contributed by atoms with Gasteiger partial charge in [0, 0.05) is 5.33 Å². The third-order valence-corrected chi connectivity index (χ3v) is 2.93. The average Bonchev–Trinajstić information content (AvgIpc) is 2.29. The zero-order valence-electron chi connectivity index (χ0n) is 9.16. The highest BCUT2D eigenvalue weighted by molar-refractivity contribution is 9.09. The third-order valence-electron chi connectivity index (χ3n) is 2.37. The first-order valence-corrected chi connectivity index (χ1v) is 6.80. The third kappa shape index (κ3) is 6.51. The molecule has 1 heteroatoms. The summed E-state index contributed by atoms with van der Waals surface area (Å²) in [5.41, 5.74) is 1.40. The van der Waals surface area contributed by atoms with E-state index in [9.17, 15) is 0 Å². The minimum Gasteiger partial charge on any atom is -0.0928 e. The summed E-state index contributed by atoms with van der Waals surface area (Å²) in [6, 6.07) is 10.6. The molecule has 1 rings (SSSR count). The Morgan fingerprint density at radius 3 is 2.47 bits per heavy atom. The van der Waals surface area contributed by atoms with E-state index >= 15 is 0 Å². The topological polar surface area (TPSA) is 0 Å². The molecule has 0 aliphatic rings. The summed E-state index contributed by atoms with van der Waals surface area (Å²) >= 11 is 3.44. The second-order valence-electron chi connectivity index (χ2n) is 3.70. The molecular weight excluding hydrogens is 248 g/mol. The molecule has 0 saturated carbocycles. The summed E-state index contributed by atoms with van der Waals surface area (Å²) in [6.45, 7) is 0. The number of allylic oxidation sites excluding steroid dienone is 2. The van der Waals surface area contributed by atoms with Crippen molar-refractivity contribution in [1.82, 2.24) is 0 Å². The molecule has 0 unspecified atom stereocenters. The van der Waals surface area contributed by atoms with Gasteiger partial charge >= 0.3 is 0 Å². The van der Waals surface area contributed by atoms with Crippen LogP contribution in [0.5, 0.6) is 0 Å². The summed E-state index contributed by atoms with van der Waals surface area (Å²) in [7, 11) is 0. The molecule has 15 heavy (non-hydrogen) atoms. The molecule has 1 aromatic carbocycles. The summed E-state index contributed by atoms with van der Waals surface area (Å²) in [5, 5.41) is 1.14. The van der Waals surface area contributed by atoms with Crippen LogP contribution in [0, 0.1) is 0 Å². The van der Waals surface area contributed by atoms with Gasteiger partial charge in [0.15, 0.2) is 0 Å². The molecule has 0 radical (unpaired) electrons. The Labute approximate surface area is 102 Å². The van der Waals surface area contributed by atoms with E-state index in [1.54, 1.807) is 0 Å². The van der Waals surface area contributed by atoms with Crippen molar-refractivity contribution in [3.63, 3.8) is 0 Å². The summed E-state index contributed by atoms with van der Waals surface area (Å²) in [4.78, 5) is 0. The van der Waals surface area contributed by atoms with E-state index < -0.39 is 0 Å². The summed E-state index contributed by atoms with van der Waals surface area (Å²) < 4.78 is 0. The molecule has 0 fully saturated rings. The monoisotopic (exact) mass is 266 g/mol. The predicted molar refractivity (Wildman–Crippen MR) is 71.5 cm³/mol. The fraction of sp³-hybridized carbons (Fsp3) is 0.429. The molecule has 0 saturated heterocycles. The molecule has 0 aromatic heterocycles. The van der Waals surface area contributed by atoms with Crippen LogP contribution in [0.15, 0.2) is 42.5 Å². The number of hydrogen-bond acceptors (Lipinski definition) is 0. The lowest BCUT2D eigenvalue weighted by Crippen LogP contribution is -1.79. The van der Waals surface area contributed by atoms with Crippen LogP contribution in [-0.4, -0.2) is 5.33 Å². The van der Waals surface area contributed by atoms with Gasteiger partial charge in [-0.1, -0.05) is 64.8 Å². The fourth-order valence-corrected chi connectivity index (χ4v) is 1.88. The number of rotatable bonds is 7. The van der Waals surface area contributed by atoms with Crippen LogP contribution in [-0.2, 0) is 6.42 Å². The van der Waals surface area contributed by atoms with Gasteiger partial charge in [-0.2, -0.15) is 0 Å². The number of hydrogen-bond donors (Lipinski definition) is 0. The molecule has 0 atom stereocenters. The maximum absolute atomic E-state index is 3.44. The zero-order valence-corrected chi connectivity index (χ0v) is 10.7. The van der Waals surface area contributed by atoms with Crippen molar-refractivity contribution in [3.8, 4) is 0 Å². The Kier molecular flexibility index (Phi) is 7.28. The van der Waals surface area contributed by atoms with Crippen molar-refractivity contribution < 1.29 is 0 Å². The van der Waals surface area contributed by atoms with Crippen LogP contribution < -0.4 is 0 Å². The lowest BCUT2D eigenvalue weighted by molar-refractivity contribution is 0.736. The molecule has 0 nitrogen and oxygen atoms in total. The van der Waals surface area contributed by atoms with E-state index in [1.165, 1.54) is 31.2 Å². The van der Waals surface area contributed by atoms with Crippen molar-refractivity contribution in [2.75, 3.05) is 5.33 Å². The standard InChI is InChI=1S/C14H19Br/c15-13-9-4-2-1-3-6-10-14-11-7-5-8-12-14/h3,5-8,11-12H,1-2,4,9-10,13H2. The fourth-order valence-electron chi connectivity index (χ4n) is 1.48. The van der Waals surface area contributed by atoms with Crippen molar-refractivity contribution in [2.45, 2.75) is 32.1 Å². The van der Waals surface area contributed by atoms with Gasteiger partial charge in [-0.05, 0) is 31.2 Å². The van der Waals surface area contributed by atoms with Crippen LogP contribution in [0.2, 0.25) is 0 Å². The lowest BCUT2D eigenvalue weighted by Gasteiger charge is -1.95. The molecule has 0 spiro atoms. The SMILES string of the molecule is BrCCCCCC=CCc1ccccc1. The van der Waals surface area contributed by atoms with Crippen LogP contribution >= 0.6 is 15.9 Å². The van der Waals surface area contributed by atoms with E-state index in [1.807, 2.05) is 0 Å². The Balaban J connectivity index is 2.07. The predicted octanol–water partition coefficient (Wildman–Crippen LogP) is 4.74. The first-order chi connectivity index (χ1) is 7.43. The lowest BCUT2D eigenvalue weighted by atomic mass is 10.1. The van der Waals surface area contributed by atoms with E-state index in [0.717, 1.165) is 11.8 Å². The second-order valence-corrected chi connectivity index (χ2v) is 4.49. The van der Waals surface area contributed by atoms with Gasteiger partial charge in [-0.15, -0.1) is 0 Å². The van der Waals surface area contributed by atoms with Gasteiger partial charge in [-0.3, -0.25) is 0 Å². The Bertz CT molecular complexity index is 264. The molecule has 0 aliphatic carbocycles. The van der Waals surface area contributed by atoms with Gasteiger partial charge in [0.2, 0.25) is 0 Å². The number of halogens is 1. The van der Waals surface area contributed by atoms with Gasteiger partial charge in [0.1, 0.15) is 0 Å². The number of unbranched alkanes of at least 4 members (excludes halogenated alkanes) is 3.